The van der Waals surface area contributed by atoms with Crippen LogP contribution in [0.15, 0.2) is 58.3 Å². The third kappa shape index (κ3) is 4.82. The monoisotopic (exact) mass is 416 g/mol. The Bertz CT molecular complexity index is 1180. The number of hydrogen-bond donors (Lipinski definition) is 3. The number of rotatable bonds is 7. The Kier molecular flexibility index (Phi) is 5.69. The molecular weight excluding hydrogens is 399 g/mol. The largest absolute Gasteiger partial charge is 0.382 e. The molecule has 0 aliphatic rings. The van der Waals surface area contributed by atoms with Gasteiger partial charge >= 0.3 is 0 Å². The summed E-state index contributed by atoms with van der Waals surface area (Å²) in [5.41, 5.74) is 6.70. The normalized spacial score (nSPS) is 12.0. The minimum Gasteiger partial charge on any atom is -0.382 e. The van der Waals surface area contributed by atoms with Crippen LogP contribution in [0.4, 0.5) is 10.2 Å². The van der Waals surface area contributed by atoms with Crippen molar-refractivity contribution in [1.29, 1.82) is 5.41 Å². The maximum atomic E-state index is 13.9. The van der Waals surface area contributed by atoms with Crippen molar-refractivity contribution >= 4 is 27.1 Å². The molecule has 4 N–H and O–H groups in total. The van der Waals surface area contributed by atoms with Crippen LogP contribution < -0.4 is 11.1 Å². The number of halogens is 1. The molecule has 0 unspecified atom stereocenters. The topological polar surface area (TPSA) is 148 Å². The molecule has 0 aliphatic heterocycles. The van der Waals surface area contributed by atoms with Crippen LogP contribution in [0.25, 0.3) is 5.70 Å². The average Bonchev–Trinajstić information content (AvgIpc) is 3.19. The van der Waals surface area contributed by atoms with Crippen molar-refractivity contribution in [2.45, 2.75) is 11.4 Å². The van der Waals surface area contributed by atoms with Crippen molar-refractivity contribution in [2.75, 3.05) is 12.0 Å². The van der Waals surface area contributed by atoms with E-state index in [1.165, 1.54) is 18.4 Å². The van der Waals surface area contributed by atoms with Gasteiger partial charge in [-0.2, -0.15) is 0 Å². The van der Waals surface area contributed by atoms with Crippen LogP contribution in [-0.4, -0.2) is 35.5 Å². The lowest BCUT2D eigenvalue weighted by Gasteiger charge is -2.10. The standard InChI is InChI=1S/C18H17FN6O3S/c1-29(26,27)16-10-23-18(24-17(16)21)13(20)8-15(14-6-7-28-25-14)22-9-11-4-2-3-5-12(11)19/h2-8,10,20,22H,9H2,1H3,(H2,21,23,24)/b15-8-,20-13?. The Labute approximate surface area is 165 Å². The third-order valence-corrected chi connectivity index (χ3v) is 4.97. The van der Waals surface area contributed by atoms with E-state index < -0.39 is 9.84 Å². The van der Waals surface area contributed by atoms with Crippen LogP contribution in [-0.2, 0) is 16.4 Å². The van der Waals surface area contributed by atoms with Crippen LogP contribution in [0.3, 0.4) is 0 Å². The van der Waals surface area contributed by atoms with E-state index in [2.05, 4.69) is 20.4 Å². The average molecular weight is 416 g/mol. The SMILES string of the molecule is CS(=O)(=O)c1cnc(C(=N)/C=C(\NCc2ccccc2F)c2ccon2)nc1N. The molecule has 3 rings (SSSR count). The van der Waals surface area contributed by atoms with Crippen molar-refractivity contribution in [2.24, 2.45) is 0 Å². The molecule has 1 aromatic carbocycles. The summed E-state index contributed by atoms with van der Waals surface area (Å²) in [5.74, 6) is -0.705. The van der Waals surface area contributed by atoms with Gasteiger partial charge in [-0.1, -0.05) is 23.4 Å². The van der Waals surface area contributed by atoms with Gasteiger partial charge in [-0.05, 0) is 12.1 Å². The van der Waals surface area contributed by atoms with Crippen LogP contribution in [0, 0.1) is 11.2 Å². The first-order valence-corrected chi connectivity index (χ1v) is 10.2. The van der Waals surface area contributed by atoms with Gasteiger partial charge in [-0.25, -0.2) is 22.8 Å². The number of aromatic nitrogens is 3. The minimum absolute atomic E-state index is 0.0800. The second-order valence-electron chi connectivity index (χ2n) is 6.02. The van der Waals surface area contributed by atoms with Gasteiger partial charge < -0.3 is 15.6 Å². The smallest absolute Gasteiger partial charge is 0.180 e. The van der Waals surface area contributed by atoms with E-state index in [0.717, 1.165) is 12.5 Å². The molecule has 0 radical (unpaired) electrons. The number of nitrogens with one attached hydrogen (secondary N) is 2. The summed E-state index contributed by atoms with van der Waals surface area (Å²) in [4.78, 5) is 7.58. The number of anilines is 1. The maximum Gasteiger partial charge on any atom is 0.180 e. The first-order valence-electron chi connectivity index (χ1n) is 8.27. The number of nitrogen functional groups attached to an aromatic ring is 1. The van der Waals surface area contributed by atoms with Crippen LogP contribution in [0.5, 0.6) is 0 Å². The lowest BCUT2D eigenvalue weighted by Crippen LogP contribution is -2.16. The highest BCUT2D eigenvalue weighted by Crippen LogP contribution is 2.16. The second kappa shape index (κ2) is 8.19. The van der Waals surface area contributed by atoms with Gasteiger partial charge in [0.25, 0.3) is 0 Å². The maximum absolute atomic E-state index is 13.9. The summed E-state index contributed by atoms with van der Waals surface area (Å²) in [5, 5.41) is 15.1. The molecule has 0 fully saturated rings. The fourth-order valence-corrected chi connectivity index (χ4v) is 3.08. The van der Waals surface area contributed by atoms with Gasteiger partial charge in [-0.3, -0.25) is 5.41 Å². The molecule has 3 aromatic rings. The molecule has 0 spiro atoms. The molecule has 0 saturated carbocycles. The highest BCUT2D eigenvalue weighted by molar-refractivity contribution is 7.90. The third-order valence-electron chi connectivity index (χ3n) is 3.85. The Hall–Kier alpha value is -3.60. The van der Waals surface area contributed by atoms with Crippen LogP contribution >= 0.6 is 0 Å². The highest BCUT2D eigenvalue weighted by Gasteiger charge is 2.16. The van der Waals surface area contributed by atoms with E-state index >= 15 is 0 Å². The predicted molar refractivity (Wildman–Crippen MR) is 104 cm³/mol. The molecule has 9 nitrogen and oxygen atoms in total. The first kappa shape index (κ1) is 20.1. The van der Waals surface area contributed by atoms with Crippen molar-refractivity contribution in [1.82, 2.24) is 20.4 Å². The zero-order valence-electron chi connectivity index (χ0n) is 15.3. The van der Waals surface area contributed by atoms with Crippen molar-refractivity contribution in [3.63, 3.8) is 0 Å². The molecule has 11 heteroatoms. The zero-order chi connectivity index (χ0) is 21.0. The molecule has 2 aromatic heterocycles. The van der Waals surface area contributed by atoms with Crippen molar-refractivity contribution in [3.05, 3.63) is 71.8 Å². The quantitative estimate of drug-likeness (QED) is 0.494. The lowest BCUT2D eigenvalue weighted by atomic mass is 10.2. The van der Waals surface area contributed by atoms with Gasteiger partial charge in [0.15, 0.2) is 15.7 Å². The van der Waals surface area contributed by atoms with Crippen molar-refractivity contribution < 1.29 is 17.3 Å². The van der Waals surface area contributed by atoms with E-state index in [1.807, 2.05) is 0 Å². The van der Waals surface area contributed by atoms with Gasteiger partial charge in [0.1, 0.15) is 34.2 Å². The molecule has 0 aliphatic carbocycles. The number of hydrogen-bond acceptors (Lipinski definition) is 9. The lowest BCUT2D eigenvalue weighted by molar-refractivity contribution is 0.417. The molecule has 0 saturated heterocycles. The summed E-state index contributed by atoms with van der Waals surface area (Å²) < 4.78 is 42.0. The van der Waals surface area contributed by atoms with Crippen LogP contribution in [0.2, 0.25) is 0 Å². The number of benzene rings is 1. The number of nitrogens with two attached hydrogens (primary N) is 1. The summed E-state index contributed by atoms with van der Waals surface area (Å²) in [6.07, 6.45) is 4.76. The van der Waals surface area contributed by atoms with Gasteiger partial charge in [0.2, 0.25) is 0 Å². The summed E-state index contributed by atoms with van der Waals surface area (Å²) >= 11 is 0. The van der Waals surface area contributed by atoms with E-state index in [1.54, 1.807) is 24.3 Å². The number of allylic oxidation sites excluding steroid dienone is 1. The van der Waals surface area contributed by atoms with Crippen molar-refractivity contribution in [3.8, 4) is 0 Å². The summed E-state index contributed by atoms with van der Waals surface area (Å²) in [7, 11) is -3.58. The Morgan fingerprint density at radius 1 is 1.34 bits per heavy atom. The molecule has 2 heterocycles. The predicted octanol–water partition coefficient (Wildman–Crippen LogP) is 1.79. The van der Waals surface area contributed by atoms with Gasteiger partial charge in [0.05, 0.1) is 11.9 Å². The molecule has 0 atom stereocenters. The highest BCUT2D eigenvalue weighted by atomic mass is 32.2. The fraction of sp³-hybridized carbons (Fsp3) is 0.111. The second-order valence-corrected chi connectivity index (χ2v) is 8.00. The van der Waals surface area contributed by atoms with E-state index in [9.17, 15) is 12.8 Å². The molecular formula is C18H17FN6O3S. The van der Waals surface area contributed by atoms with E-state index in [4.69, 9.17) is 15.7 Å². The van der Waals surface area contributed by atoms with E-state index in [0.29, 0.717) is 17.0 Å². The van der Waals surface area contributed by atoms with Gasteiger partial charge in [-0.15, -0.1) is 0 Å². The molecule has 150 valence electrons. The number of nitrogens with zero attached hydrogens (tertiary/aromatic N) is 3. The first-order chi connectivity index (χ1) is 13.8. The minimum atomic E-state index is -3.58. The van der Waals surface area contributed by atoms with Crippen LogP contribution in [0.1, 0.15) is 17.1 Å². The Morgan fingerprint density at radius 3 is 2.72 bits per heavy atom. The summed E-state index contributed by atoms with van der Waals surface area (Å²) in [6.45, 7) is 0.134. The zero-order valence-corrected chi connectivity index (χ0v) is 16.1. The molecule has 0 bridgehead atoms. The van der Waals surface area contributed by atoms with E-state index in [-0.39, 0.29) is 34.6 Å². The summed E-state index contributed by atoms with van der Waals surface area (Å²) in [6, 6.07) is 7.84. The molecule has 0 amide bonds. The Balaban J connectivity index is 1.89. The number of sulfone groups is 1. The molecule has 29 heavy (non-hydrogen) atoms. The van der Waals surface area contributed by atoms with Gasteiger partial charge in [0, 0.05) is 24.4 Å². The Morgan fingerprint density at radius 2 is 2.10 bits per heavy atom. The fourth-order valence-electron chi connectivity index (χ4n) is 2.41.